The van der Waals surface area contributed by atoms with Gasteiger partial charge in [0.15, 0.2) is 5.82 Å². The van der Waals surface area contributed by atoms with Crippen molar-refractivity contribution in [1.29, 1.82) is 0 Å². The molecule has 21 heavy (non-hydrogen) atoms. The maximum Gasteiger partial charge on any atom is 0.248 e. The molecule has 0 aliphatic carbocycles. The van der Waals surface area contributed by atoms with Gasteiger partial charge in [0.2, 0.25) is 11.9 Å². The lowest BCUT2D eigenvalue weighted by atomic mass is 10.1. The number of aryl methyl sites for hydroxylation is 1. The summed E-state index contributed by atoms with van der Waals surface area (Å²) in [6.07, 6.45) is 3.67. The molecule has 0 atom stereocenters. The fourth-order valence-corrected chi connectivity index (χ4v) is 2.68. The van der Waals surface area contributed by atoms with E-state index in [1.807, 2.05) is 13.1 Å². The number of carbonyl (C=O) groups excluding carboxylic acids is 1. The minimum atomic E-state index is -0.441. The largest absolute Gasteiger partial charge is 0.366 e. The van der Waals surface area contributed by atoms with E-state index in [4.69, 9.17) is 5.73 Å². The molecule has 1 saturated heterocycles. The second-order valence-corrected chi connectivity index (χ2v) is 5.35. The molecule has 0 unspecified atom stereocenters. The zero-order valence-corrected chi connectivity index (χ0v) is 12.1. The van der Waals surface area contributed by atoms with Crippen LogP contribution in [0.3, 0.4) is 0 Å². The van der Waals surface area contributed by atoms with Crippen LogP contribution >= 0.6 is 0 Å². The van der Waals surface area contributed by atoms with Crippen molar-refractivity contribution in [2.45, 2.75) is 19.3 Å². The zero-order valence-electron chi connectivity index (χ0n) is 12.1. The molecule has 0 radical (unpaired) electrons. The SMILES string of the molecule is Cn1nc(-c2cccc(C(N)=O)c2)nc1N1CCCCC1. The Labute approximate surface area is 123 Å². The highest BCUT2D eigenvalue weighted by atomic mass is 16.1. The van der Waals surface area contributed by atoms with Crippen LogP contribution < -0.4 is 10.6 Å². The van der Waals surface area contributed by atoms with Crippen LogP contribution in [0, 0.1) is 0 Å². The van der Waals surface area contributed by atoms with Gasteiger partial charge in [0, 0.05) is 31.3 Å². The average Bonchev–Trinajstić information content (AvgIpc) is 2.90. The van der Waals surface area contributed by atoms with Crippen LogP contribution in [0.25, 0.3) is 11.4 Å². The number of carbonyl (C=O) groups is 1. The second-order valence-electron chi connectivity index (χ2n) is 5.35. The van der Waals surface area contributed by atoms with Crippen molar-refractivity contribution in [3.63, 3.8) is 0 Å². The van der Waals surface area contributed by atoms with Crippen molar-refractivity contribution < 1.29 is 4.79 Å². The molecule has 2 heterocycles. The second kappa shape index (κ2) is 5.55. The Morgan fingerprint density at radius 2 is 2.00 bits per heavy atom. The first kappa shape index (κ1) is 13.6. The number of anilines is 1. The number of hydrogen-bond donors (Lipinski definition) is 1. The van der Waals surface area contributed by atoms with Gasteiger partial charge in [-0.1, -0.05) is 12.1 Å². The smallest absolute Gasteiger partial charge is 0.248 e. The number of nitrogens with two attached hydrogens (primary N) is 1. The van der Waals surface area contributed by atoms with Gasteiger partial charge < -0.3 is 10.6 Å². The molecule has 3 rings (SSSR count). The maximum atomic E-state index is 11.3. The molecule has 1 aliphatic heterocycles. The van der Waals surface area contributed by atoms with E-state index in [1.54, 1.807) is 22.9 Å². The topological polar surface area (TPSA) is 77.0 Å². The molecule has 2 aromatic rings. The van der Waals surface area contributed by atoms with E-state index < -0.39 is 5.91 Å². The zero-order chi connectivity index (χ0) is 14.8. The van der Waals surface area contributed by atoms with Crippen LogP contribution in [0.15, 0.2) is 24.3 Å². The van der Waals surface area contributed by atoms with Crippen molar-refractivity contribution in [2.75, 3.05) is 18.0 Å². The molecule has 1 fully saturated rings. The van der Waals surface area contributed by atoms with Gasteiger partial charge >= 0.3 is 0 Å². The highest BCUT2D eigenvalue weighted by Gasteiger charge is 2.18. The standard InChI is InChI=1S/C15H19N5O/c1-19-15(20-8-3-2-4-9-20)17-14(18-19)12-7-5-6-11(10-12)13(16)21/h5-7,10H,2-4,8-9H2,1H3,(H2,16,21). The summed E-state index contributed by atoms with van der Waals surface area (Å²) in [5, 5.41) is 4.47. The Morgan fingerprint density at radius 1 is 1.24 bits per heavy atom. The van der Waals surface area contributed by atoms with E-state index in [-0.39, 0.29) is 0 Å². The summed E-state index contributed by atoms with van der Waals surface area (Å²) in [7, 11) is 1.90. The lowest BCUT2D eigenvalue weighted by Crippen LogP contribution is -2.31. The summed E-state index contributed by atoms with van der Waals surface area (Å²) in [4.78, 5) is 18.2. The fraction of sp³-hybridized carbons (Fsp3) is 0.400. The first-order chi connectivity index (χ1) is 10.1. The molecule has 6 heteroatoms. The van der Waals surface area contributed by atoms with E-state index in [0.717, 1.165) is 24.6 Å². The van der Waals surface area contributed by atoms with Crippen LogP contribution in [0.4, 0.5) is 5.95 Å². The van der Waals surface area contributed by atoms with E-state index in [2.05, 4.69) is 15.0 Å². The molecule has 1 aromatic heterocycles. The third kappa shape index (κ3) is 2.74. The van der Waals surface area contributed by atoms with Crippen molar-refractivity contribution in [1.82, 2.24) is 14.8 Å². The van der Waals surface area contributed by atoms with Crippen molar-refractivity contribution in [3.05, 3.63) is 29.8 Å². The summed E-state index contributed by atoms with van der Waals surface area (Å²) in [6.45, 7) is 2.04. The number of primary amides is 1. The van der Waals surface area contributed by atoms with Gasteiger partial charge in [-0.2, -0.15) is 4.98 Å². The monoisotopic (exact) mass is 285 g/mol. The molecule has 0 saturated carbocycles. The Bertz CT molecular complexity index is 658. The predicted octanol–water partition coefficient (Wildman–Crippen LogP) is 1.57. The summed E-state index contributed by atoms with van der Waals surface area (Å²) in [5.74, 6) is 1.07. The Morgan fingerprint density at radius 3 is 2.71 bits per heavy atom. The van der Waals surface area contributed by atoms with E-state index in [9.17, 15) is 4.79 Å². The first-order valence-corrected chi connectivity index (χ1v) is 7.21. The first-order valence-electron chi connectivity index (χ1n) is 7.21. The van der Waals surface area contributed by atoms with Crippen LogP contribution in [-0.2, 0) is 7.05 Å². The highest BCUT2D eigenvalue weighted by Crippen LogP contribution is 2.22. The lowest BCUT2D eigenvalue weighted by molar-refractivity contribution is 0.100. The van der Waals surface area contributed by atoms with Crippen LogP contribution in [0.1, 0.15) is 29.6 Å². The van der Waals surface area contributed by atoms with E-state index in [0.29, 0.717) is 11.4 Å². The van der Waals surface area contributed by atoms with Crippen LogP contribution in [0.2, 0.25) is 0 Å². The Hall–Kier alpha value is -2.37. The third-order valence-electron chi connectivity index (χ3n) is 3.78. The Kier molecular flexibility index (Phi) is 3.60. The Balaban J connectivity index is 1.93. The van der Waals surface area contributed by atoms with Crippen molar-refractivity contribution in [2.24, 2.45) is 12.8 Å². The van der Waals surface area contributed by atoms with Crippen molar-refractivity contribution in [3.8, 4) is 11.4 Å². The molecule has 6 nitrogen and oxygen atoms in total. The van der Waals surface area contributed by atoms with E-state index in [1.165, 1.54) is 19.3 Å². The maximum absolute atomic E-state index is 11.3. The normalized spacial score (nSPS) is 15.2. The lowest BCUT2D eigenvalue weighted by Gasteiger charge is -2.26. The molecule has 2 N–H and O–H groups in total. The number of aromatic nitrogens is 3. The van der Waals surface area contributed by atoms with Crippen molar-refractivity contribution >= 4 is 11.9 Å². The highest BCUT2D eigenvalue weighted by molar-refractivity contribution is 5.93. The number of amides is 1. The van der Waals surface area contributed by atoms with Gasteiger partial charge in [0.05, 0.1) is 0 Å². The third-order valence-corrected chi connectivity index (χ3v) is 3.78. The average molecular weight is 285 g/mol. The summed E-state index contributed by atoms with van der Waals surface area (Å²) in [5.41, 5.74) is 6.60. The molecule has 110 valence electrons. The summed E-state index contributed by atoms with van der Waals surface area (Å²) < 4.78 is 1.80. The molecular formula is C15H19N5O. The molecule has 0 bridgehead atoms. The molecule has 1 aromatic carbocycles. The minimum absolute atomic E-state index is 0.441. The molecule has 1 amide bonds. The van der Waals surface area contributed by atoms with Gasteiger partial charge in [0.1, 0.15) is 0 Å². The fourth-order valence-electron chi connectivity index (χ4n) is 2.68. The number of rotatable bonds is 3. The summed E-state index contributed by atoms with van der Waals surface area (Å²) in [6, 6.07) is 7.12. The van der Waals surface area contributed by atoms with E-state index >= 15 is 0 Å². The van der Waals surface area contributed by atoms with Crippen LogP contribution in [-0.4, -0.2) is 33.8 Å². The number of nitrogens with zero attached hydrogens (tertiary/aromatic N) is 4. The van der Waals surface area contributed by atoms with Gasteiger partial charge in [-0.05, 0) is 31.4 Å². The number of benzene rings is 1. The quantitative estimate of drug-likeness (QED) is 0.928. The number of hydrogen-bond acceptors (Lipinski definition) is 4. The summed E-state index contributed by atoms with van der Waals surface area (Å²) >= 11 is 0. The predicted molar refractivity (Wildman–Crippen MR) is 81.0 cm³/mol. The molecular weight excluding hydrogens is 266 g/mol. The minimum Gasteiger partial charge on any atom is -0.366 e. The van der Waals surface area contributed by atoms with Gasteiger partial charge in [0.25, 0.3) is 0 Å². The van der Waals surface area contributed by atoms with Crippen LogP contribution in [0.5, 0.6) is 0 Å². The molecule has 0 spiro atoms. The van der Waals surface area contributed by atoms with Gasteiger partial charge in [-0.3, -0.25) is 4.79 Å². The van der Waals surface area contributed by atoms with Gasteiger partial charge in [-0.25, -0.2) is 4.68 Å². The molecule has 1 aliphatic rings. The number of piperidine rings is 1. The van der Waals surface area contributed by atoms with Gasteiger partial charge in [-0.15, -0.1) is 5.10 Å².